The van der Waals surface area contributed by atoms with Crippen LogP contribution in [0.1, 0.15) is 21.7 Å². The van der Waals surface area contributed by atoms with E-state index in [4.69, 9.17) is 4.74 Å². The highest BCUT2D eigenvalue weighted by Gasteiger charge is 2.19. The van der Waals surface area contributed by atoms with Gasteiger partial charge in [0.05, 0.1) is 0 Å². The van der Waals surface area contributed by atoms with Gasteiger partial charge in [0.15, 0.2) is 11.4 Å². The first-order valence-corrected chi connectivity index (χ1v) is 6.11. The molecule has 1 heterocycles. The monoisotopic (exact) mass is 273 g/mol. The molecule has 104 valence electrons. The van der Waals surface area contributed by atoms with Gasteiger partial charge in [-0.2, -0.15) is 0 Å². The summed E-state index contributed by atoms with van der Waals surface area (Å²) in [6.07, 6.45) is 0. The van der Waals surface area contributed by atoms with Crippen molar-refractivity contribution in [3.63, 3.8) is 0 Å². The van der Waals surface area contributed by atoms with Crippen molar-refractivity contribution in [2.45, 2.75) is 13.5 Å². The van der Waals surface area contributed by atoms with Crippen LogP contribution in [0.3, 0.4) is 0 Å². The van der Waals surface area contributed by atoms with E-state index in [0.29, 0.717) is 5.69 Å². The molecule has 5 heteroatoms. The molecular weight excluding hydrogens is 258 g/mol. The van der Waals surface area contributed by atoms with Gasteiger partial charge in [-0.3, -0.25) is 4.79 Å². The maximum absolute atomic E-state index is 11.9. The van der Waals surface area contributed by atoms with Gasteiger partial charge >= 0.3 is 5.97 Å². The predicted molar refractivity (Wildman–Crippen MR) is 74.2 cm³/mol. The summed E-state index contributed by atoms with van der Waals surface area (Å²) in [6, 6.07) is 10.6. The third kappa shape index (κ3) is 2.71. The van der Waals surface area contributed by atoms with E-state index in [1.165, 1.54) is 10.6 Å². The molecule has 0 fully saturated rings. The molecule has 0 aliphatic heterocycles. The second kappa shape index (κ2) is 5.61. The van der Waals surface area contributed by atoms with Crippen LogP contribution in [-0.2, 0) is 13.7 Å². The van der Waals surface area contributed by atoms with Crippen LogP contribution in [0, 0.1) is 6.92 Å². The lowest BCUT2D eigenvalue weighted by atomic mass is 10.2. The van der Waals surface area contributed by atoms with Crippen LogP contribution in [0.2, 0.25) is 0 Å². The number of aryl methyl sites for hydroxylation is 1. The summed E-state index contributed by atoms with van der Waals surface area (Å²) in [5.74, 6) is -1.31. The van der Waals surface area contributed by atoms with E-state index in [2.05, 4.69) is 0 Å². The van der Waals surface area contributed by atoms with Crippen LogP contribution >= 0.6 is 0 Å². The molecule has 0 saturated heterocycles. The fourth-order valence-electron chi connectivity index (χ4n) is 1.91. The van der Waals surface area contributed by atoms with Crippen LogP contribution in [0.4, 0.5) is 0 Å². The zero-order chi connectivity index (χ0) is 14.7. The Morgan fingerprint density at radius 2 is 1.95 bits per heavy atom. The lowest BCUT2D eigenvalue weighted by Gasteiger charge is -2.14. The van der Waals surface area contributed by atoms with E-state index in [1.54, 1.807) is 14.0 Å². The molecule has 0 spiro atoms. The van der Waals surface area contributed by atoms with Crippen molar-refractivity contribution in [3.05, 3.63) is 63.6 Å². The van der Waals surface area contributed by atoms with Crippen molar-refractivity contribution in [2.24, 2.45) is 7.05 Å². The number of nitrogens with zero attached hydrogens (tertiary/aromatic N) is 1. The van der Waals surface area contributed by atoms with E-state index in [9.17, 15) is 14.7 Å². The van der Waals surface area contributed by atoms with E-state index in [1.807, 2.05) is 30.3 Å². The van der Waals surface area contributed by atoms with Gasteiger partial charge in [0.2, 0.25) is 5.43 Å². The van der Waals surface area contributed by atoms with E-state index >= 15 is 0 Å². The Hall–Kier alpha value is -2.56. The van der Waals surface area contributed by atoms with Crippen LogP contribution in [0.25, 0.3) is 0 Å². The van der Waals surface area contributed by atoms with Gasteiger partial charge in [-0.25, -0.2) is 4.79 Å². The largest absolute Gasteiger partial charge is 0.482 e. The zero-order valence-corrected chi connectivity index (χ0v) is 11.3. The van der Waals surface area contributed by atoms with Crippen LogP contribution in [-0.4, -0.2) is 15.6 Å². The standard InChI is InChI=1S/C15H15NO4/c1-10-8-12(17)14(13(15(18)19)16(10)2)20-9-11-6-4-3-5-7-11/h3-8H,9H2,1-2H3,(H,18,19). The summed E-state index contributed by atoms with van der Waals surface area (Å²) in [5.41, 5.74) is 0.880. The highest BCUT2D eigenvalue weighted by molar-refractivity contribution is 5.89. The number of carboxylic acid groups (broad SMARTS) is 1. The number of aromatic carboxylic acids is 1. The van der Waals surface area contributed by atoms with Gasteiger partial charge in [-0.05, 0) is 12.5 Å². The summed E-state index contributed by atoms with van der Waals surface area (Å²) in [7, 11) is 1.59. The second-order valence-corrected chi connectivity index (χ2v) is 4.47. The first-order valence-electron chi connectivity index (χ1n) is 6.11. The van der Waals surface area contributed by atoms with Crippen LogP contribution in [0.5, 0.6) is 5.75 Å². The third-order valence-electron chi connectivity index (χ3n) is 3.07. The lowest BCUT2D eigenvalue weighted by Crippen LogP contribution is -2.21. The Balaban J connectivity index is 2.39. The molecule has 0 aliphatic carbocycles. The highest BCUT2D eigenvalue weighted by atomic mass is 16.5. The van der Waals surface area contributed by atoms with E-state index in [0.717, 1.165) is 5.56 Å². The number of hydrogen-bond donors (Lipinski definition) is 1. The number of pyridine rings is 1. The third-order valence-corrected chi connectivity index (χ3v) is 3.07. The number of aromatic nitrogens is 1. The van der Waals surface area contributed by atoms with Crippen LogP contribution < -0.4 is 10.2 Å². The molecule has 0 bridgehead atoms. The Morgan fingerprint density at radius 1 is 1.30 bits per heavy atom. The van der Waals surface area contributed by atoms with Gasteiger partial charge in [0, 0.05) is 18.8 Å². The van der Waals surface area contributed by atoms with Crippen molar-refractivity contribution in [2.75, 3.05) is 0 Å². The summed E-state index contributed by atoms with van der Waals surface area (Å²) in [6.45, 7) is 1.83. The molecule has 1 aromatic heterocycles. The molecule has 5 nitrogen and oxygen atoms in total. The average Bonchev–Trinajstić information content (AvgIpc) is 2.42. The van der Waals surface area contributed by atoms with Gasteiger partial charge in [0.1, 0.15) is 6.61 Å². The average molecular weight is 273 g/mol. The second-order valence-electron chi connectivity index (χ2n) is 4.47. The first kappa shape index (κ1) is 13.9. The fraction of sp³-hybridized carbons (Fsp3) is 0.200. The van der Waals surface area contributed by atoms with Crippen molar-refractivity contribution < 1.29 is 14.6 Å². The van der Waals surface area contributed by atoms with Crippen molar-refractivity contribution in [1.82, 2.24) is 4.57 Å². The van der Waals surface area contributed by atoms with Gasteiger partial charge < -0.3 is 14.4 Å². The minimum atomic E-state index is -1.18. The molecule has 2 aromatic rings. The smallest absolute Gasteiger partial charge is 0.356 e. The van der Waals surface area contributed by atoms with E-state index in [-0.39, 0.29) is 18.1 Å². The molecule has 1 N–H and O–H groups in total. The predicted octanol–water partition coefficient (Wildman–Crippen LogP) is 1.97. The number of hydrogen-bond acceptors (Lipinski definition) is 3. The molecule has 1 aromatic carbocycles. The van der Waals surface area contributed by atoms with Gasteiger partial charge in [-0.1, -0.05) is 30.3 Å². The van der Waals surface area contributed by atoms with Crippen LogP contribution in [0.15, 0.2) is 41.2 Å². The lowest BCUT2D eigenvalue weighted by molar-refractivity contribution is 0.0678. The molecule has 0 atom stereocenters. The minimum absolute atomic E-state index is 0.130. The summed E-state index contributed by atoms with van der Waals surface area (Å²) >= 11 is 0. The SMILES string of the molecule is Cc1cc(=O)c(OCc2ccccc2)c(C(=O)O)n1C. The maximum atomic E-state index is 11.9. The molecule has 0 radical (unpaired) electrons. The van der Waals surface area contributed by atoms with Gasteiger partial charge in [0.25, 0.3) is 0 Å². The number of carboxylic acids is 1. The zero-order valence-electron chi connectivity index (χ0n) is 11.3. The molecule has 0 saturated carbocycles. The quantitative estimate of drug-likeness (QED) is 0.924. The topological polar surface area (TPSA) is 68.5 Å². The normalized spacial score (nSPS) is 10.3. The maximum Gasteiger partial charge on any atom is 0.356 e. The molecule has 0 aliphatic rings. The molecule has 0 unspecified atom stereocenters. The Kier molecular flexibility index (Phi) is 3.89. The number of benzene rings is 1. The molecule has 20 heavy (non-hydrogen) atoms. The Morgan fingerprint density at radius 3 is 2.55 bits per heavy atom. The number of rotatable bonds is 4. The van der Waals surface area contributed by atoms with Crippen molar-refractivity contribution in [1.29, 1.82) is 0 Å². The molecule has 2 rings (SSSR count). The Labute approximate surface area is 116 Å². The molecule has 0 amide bonds. The molecular formula is C15H15NO4. The highest BCUT2D eigenvalue weighted by Crippen LogP contribution is 2.16. The summed E-state index contributed by atoms with van der Waals surface area (Å²) in [4.78, 5) is 23.3. The Bertz CT molecular complexity index is 689. The van der Waals surface area contributed by atoms with Crippen molar-refractivity contribution >= 4 is 5.97 Å². The summed E-state index contributed by atoms with van der Waals surface area (Å²) < 4.78 is 6.87. The fourth-order valence-corrected chi connectivity index (χ4v) is 1.91. The summed E-state index contributed by atoms with van der Waals surface area (Å²) in [5, 5.41) is 9.25. The minimum Gasteiger partial charge on any atom is -0.482 e. The number of carbonyl (C=O) groups is 1. The first-order chi connectivity index (χ1) is 9.50. The van der Waals surface area contributed by atoms with Gasteiger partial charge in [-0.15, -0.1) is 0 Å². The van der Waals surface area contributed by atoms with E-state index < -0.39 is 11.4 Å². The van der Waals surface area contributed by atoms with Crippen molar-refractivity contribution in [3.8, 4) is 5.75 Å². The number of ether oxygens (including phenoxy) is 1.